The maximum atomic E-state index is 8.73. The molecule has 0 saturated carbocycles. The third-order valence-corrected chi connectivity index (χ3v) is 25.6. The Kier molecular flexibility index (Phi) is 22.1. The van der Waals surface area contributed by atoms with Crippen LogP contribution in [0.25, 0.3) is 117 Å². The molecule has 14 nitrogen and oxygen atoms in total. The lowest BCUT2D eigenvalue weighted by Crippen LogP contribution is -2.41. The van der Waals surface area contributed by atoms with Crippen LogP contribution < -0.4 is 10.9 Å². The van der Waals surface area contributed by atoms with Crippen molar-refractivity contribution in [2.75, 3.05) is 0 Å². The first-order chi connectivity index (χ1) is 51.6. The predicted octanol–water partition coefficient (Wildman–Crippen LogP) is 21.0. The van der Waals surface area contributed by atoms with Gasteiger partial charge in [-0.1, -0.05) is 238 Å². The summed E-state index contributed by atoms with van der Waals surface area (Å²) in [5.41, 5.74) is 10.1. The quantitative estimate of drug-likeness (QED) is 0.109. The Morgan fingerprint density at radius 1 is 0.343 bits per heavy atom. The molecule has 3 saturated heterocycles. The van der Waals surface area contributed by atoms with Gasteiger partial charge in [-0.05, 0) is 136 Å². The van der Waals surface area contributed by atoms with Crippen molar-refractivity contribution in [3.8, 4) is 56.5 Å². The molecular formula is C84H77B4Br2ClN6O8S3. The number of nitrogens with zero attached hydrogens (tertiary/aromatic N) is 6. The summed E-state index contributed by atoms with van der Waals surface area (Å²) in [6, 6.07) is 79.1. The molecule has 3 fully saturated rings. The van der Waals surface area contributed by atoms with Crippen LogP contribution in [-0.4, -0.2) is 102 Å². The lowest BCUT2D eigenvalue weighted by atomic mass is 9.49. The Balaban J connectivity index is 0.000000118. The van der Waals surface area contributed by atoms with Gasteiger partial charge in [-0.25, -0.2) is 29.9 Å². The van der Waals surface area contributed by atoms with Gasteiger partial charge in [-0.2, -0.15) is 0 Å². The summed E-state index contributed by atoms with van der Waals surface area (Å²) in [7, 11) is -2.83. The average Bonchev–Trinajstić information content (AvgIpc) is 1.51. The van der Waals surface area contributed by atoms with Crippen molar-refractivity contribution in [2.45, 2.75) is 117 Å². The lowest BCUT2D eigenvalue weighted by molar-refractivity contribution is 0.00578. The first kappa shape index (κ1) is 76.8. The molecule has 9 aromatic carbocycles. The van der Waals surface area contributed by atoms with Crippen molar-refractivity contribution < 1.29 is 38.0 Å². The monoisotopic (exact) mass is 1630 g/mol. The molecule has 2 N–H and O–H groups in total. The van der Waals surface area contributed by atoms with Gasteiger partial charge in [0.1, 0.15) is 0 Å². The summed E-state index contributed by atoms with van der Waals surface area (Å²) in [5, 5.41) is 21.2. The van der Waals surface area contributed by atoms with Gasteiger partial charge < -0.3 is 38.0 Å². The van der Waals surface area contributed by atoms with E-state index in [1.165, 1.54) is 19.5 Å². The summed E-state index contributed by atoms with van der Waals surface area (Å²) < 4.78 is 45.3. The van der Waals surface area contributed by atoms with Crippen molar-refractivity contribution in [3.05, 3.63) is 251 Å². The van der Waals surface area contributed by atoms with E-state index < -0.39 is 39.5 Å². The van der Waals surface area contributed by atoms with Crippen LogP contribution in [0.15, 0.2) is 246 Å². The van der Waals surface area contributed by atoms with Crippen molar-refractivity contribution in [3.63, 3.8) is 0 Å². The molecule has 15 aromatic rings. The number of halogens is 3. The van der Waals surface area contributed by atoms with Crippen LogP contribution in [0.4, 0.5) is 0 Å². The van der Waals surface area contributed by atoms with Crippen LogP contribution >= 0.6 is 77.5 Å². The second-order valence-corrected chi connectivity index (χ2v) is 34.6. The first-order valence-corrected chi connectivity index (χ1v) is 39.9. The van der Waals surface area contributed by atoms with E-state index in [9.17, 15) is 0 Å². The highest BCUT2D eigenvalue weighted by Crippen LogP contribution is 2.46. The van der Waals surface area contributed by atoms with Crippen molar-refractivity contribution in [2.24, 2.45) is 0 Å². The highest BCUT2D eigenvalue weighted by molar-refractivity contribution is 9.11. The van der Waals surface area contributed by atoms with E-state index in [1.807, 2.05) is 146 Å². The minimum atomic E-state index is -1.39. The summed E-state index contributed by atoms with van der Waals surface area (Å²) >= 11 is 18.1. The number of aromatic nitrogens is 6. The molecule has 18 rings (SSSR count). The van der Waals surface area contributed by atoms with Crippen LogP contribution in [0, 0.1) is 0 Å². The third kappa shape index (κ3) is 15.6. The molecule has 9 heterocycles. The second-order valence-electron chi connectivity index (χ2n) is 29.4. The smallest absolute Gasteiger partial charge is 0.423 e. The molecule has 0 atom stereocenters. The van der Waals surface area contributed by atoms with Crippen LogP contribution in [-0.2, 0) is 27.9 Å². The van der Waals surface area contributed by atoms with E-state index in [0.29, 0.717) is 21.0 Å². The molecule has 24 heteroatoms. The zero-order valence-electron chi connectivity index (χ0n) is 61.7. The molecule has 0 unspecified atom stereocenters. The molecule has 6 aromatic heterocycles. The van der Waals surface area contributed by atoms with Gasteiger partial charge in [0.25, 0.3) is 0 Å². The lowest BCUT2D eigenvalue weighted by Gasteiger charge is -2.32. The number of hydrogen-bond acceptors (Lipinski definition) is 17. The van der Waals surface area contributed by atoms with Crippen LogP contribution in [0.1, 0.15) is 83.1 Å². The van der Waals surface area contributed by atoms with E-state index in [2.05, 4.69) is 197 Å². The number of rotatable bonds is 8. The van der Waals surface area contributed by atoms with Gasteiger partial charge in [0.05, 0.1) is 81.3 Å². The van der Waals surface area contributed by atoms with Crippen molar-refractivity contribution in [1.82, 2.24) is 29.9 Å². The summed E-state index contributed by atoms with van der Waals surface area (Å²) in [5.74, 6) is 1.42. The molecular weight excluding hydrogens is 1560 g/mol. The minimum absolute atomic E-state index is 0.292. The number of benzene rings is 9. The zero-order valence-corrected chi connectivity index (χ0v) is 68.1. The van der Waals surface area contributed by atoms with E-state index in [4.69, 9.17) is 69.5 Å². The van der Waals surface area contributed by atoms with Gasteiger partial charge >= 0.3 is 28.3 Å². The topological polar surface area (TPSA) is 173 Å². The maximum absolute atomic E-state index is 8.73. The molecule has 0 radical (unpaired) electrons. The number of thiophene rings is 3. The van der Waals surface area contributed by atoms with Crippen LogP contribution in [0.2, 0.25) is 5.28 Å². The molecule has 108 heavy (non-hydrogen) atoms. The fraction of sp³-hybridized carbons (Fsp3) is 0.214. The Morgan fingerprint density at radius 3 is 1.05 bits per heavy atom. The number of fused-ring (bicyclic) bond motifs is 9. The molecule has 3 aliphatic rings. The van der Waals surface area contributed by atoms with Crippen LogP contribution in [0.5, 0.6) is 0 Å². The zero-order chi connectivity index (χ0) is 76.1. The first-order valence-electron chi connectivity index (χ1n) is 35.5. The van der Waals surface area contributed by atoms with Gasteiger partial charge in [-0.15, -0.1) is 34.0 Å². The predicted molar refractivity (Wildman–Crippen MR) is 457 cm³/mol. The van der Waals surface area contributed by atoms with E-state index in [1.54, 1.807) is 52.2 Å². The van der Waals surface area contributed by atoms with E-state index in [-0.39, 0.29) is 22.4 Å². The Labute approximate surface area is 664 Å². The highest BCUT2D eigenvalue weighted by Gasteiger charge is 2.64. The molecule has 0 spiro atoms. The van der Waals surface area contributed by atoms with E-state index in [0.717, 1.165) is 102 Å². The summed E-state index contributed by atoms with van der Waals surface area (Å²) in [6.07, 6.45) is 0. The minimum Gasteiger partial charge on any atom is -0.423 e. The highest BCUT2D eigenvalue weighted by atomic mass is 79.9. The van der Waals surface area contributed by atoms with Gasteiger partial charge in [0, 0.05) is 67.0 Å². The van der Waals surface area contributed by atoms with Crippen molar-refractivity contribution >= 4 is 178 Å². The van der Waals surface area contributed by atoms with Crippen LogP contribution in [0.3, 0.4) is 0 Å². The summed E-state index contributed by atoms with van der Waals surface area (Å²) in [4.78, 5) is 29.0. The average molecular weight is 1630 g/mol. The SMILES string of the molecule is Brc1ccccc1-c1nc(-c2ccccc2)c2sc3ccccc3c2n1.CC1(C)OB(B2OC(C)(C)C(C)(C)O2)OC1(C)C.CC1(C)OB(c2ccccc2-c2nc(-c3ccccc3)c3sc4ccccc4c3n2)OC1(C)C.Clc1nc(-c2ccccc2)c2sc3ccccc3c2n1.OB(O)c1ccccc1Br. The Morgan fingerprint density at radius 2 is 0.657 bits per heavy atom. The van der Waals surface area contributed by atoms with Gasteiger partial charge in [-0.3, -0.25) is 0 Å². The summed E-state index contributed by atoms with van der Waals surface area (Å²) in [6.45, 7) is 24.5. The fourth-order valence-electron chi connectivity index (χ4n) is 12.6. The molecule has 542 valence electrons. The maximum Gasteiger partial charge on any atom is 0.495 e. The second kappa shape index (κ2) is 31.1. The van der Waals surface area contributed by atoms with Gasteiger partial charge in [0.15, 0.2) is 11.6 Å². The molecule has 0 aliphatic carbocycles. The fourth-order valence-corrected chi connectivity index (χ4v) is 17.1. The van der Waals surface area contributed by atoms with Crippen molar-refractivity contribution in [1.29, 1.82) is 0 Å². The molecule has 3 aliphatic heterocycles. The van der Waals surface area contributed by atoms with E-state index >= 15 is 0 Å². The molecule has 0 bridgehead atoms. The normalized spacial score (nSPS) is 16.4. The Hall–Kier alpha value is -7.93. The molecule has 0 amide bonds. The standard InChI is InChI=1S/C28H25BN2O2S.C22H13BrN2S.C16H9ClN2S.C12H24B2O4.C6H6BBrO2/c1-27(2)28(3,4)33-29(32-27)21-16-10-8-14-19(21)26-30-23(18-12-6-5-7-13-18)25-24(31-26)20-15-9-11-17-22(20)34-25;23-17-12-6-4-10-15(17)22-24-19(14-8-2-1-3-9-14)21-20(25-22)16-11-5-7-13-18(16)26-21;17-16-18-13(10-6-2-1-3-7-10)15-14(19-16)11-8-4-5-9-12(11)20-15;1-9(2)10(3,4)16-13(15-9)14-17-11(5,6)12(7,8)18-14;8-6-4-2-1-3-5(6)7(9)10/h5-17H,1-4H3;1-13H;1-9H;1-8H3;1-4,9-10H. The largest absolute Gasteiger partial charge is 0.495 e. The van der Waals surface area contributed by atoms with Gasteiger partial charge in [0.2, 0.25) is 5.28 Å². The third-order valence-electron chi connectivity index (χ3n) is 20.5. The Bertz CT molecular complexity index is 5700. The number of hydrogen-bond donors (Lipinski definition) is 2.